The number of nitro benzene ring substituents is 1. The van der Waals surface area contributed by atoms with Gasteiger partial charge in [0.05, 0.1) is 4.92 Å². The normalized spacial score (nSPS) is 12.3. The molecule has 7 nitrogen and oxygen atoms in total. The maximum absolute atomic E-state index is 12.4. The Morgan fingerprint density at radius 1 is 1.07 bits per heavy atom. The number of carbonyl (C=O) groups excluding carboxylic acids is 2. The van der Waals surface area contributed by atoms with E-state index >= 15 is 0 Å². The Morgan fingerprint density at radius 3 is 2.07 bits per heavy atom. The molecule has 0 spiro atoms. The first-order valence-electron chi connectivity index (χ1n) is 8.52. The molecule has 1 atom stereocenters. The van der Waals surface area contributed by atoms with Gasteiger partial charge in [-0.3, -0.25) is 19.7 Å². The third-order valence-electron chi connectivity index (χ3n) is 4.25. The molecule has 27 heavy (non-hydrogen) atoms. The first-order chi connectivity index (χ1) is 12.6. The number of hydrogen-bond donors (Lipinski definition) is 2. The first-order valence-corrected chi connectivity index (χ1v) is 8.52. The fourth-order valence-corrected chi connectivity index (χ4v) is 2.58. The molecule has 0 aromatic heterocycles. The molecule has 2 amide bonds. The Morgan fingerprint density at radius 2 is 1.63 bits per heavy atom. The second kappa shape index (κ2) is 7.99. The third kappa shape index (κ3) is 5.37. The third-order valence-corrected chi connectivity index (χ3v) is 4.25. The van der Waals surface area contributed by atoms with Crippen molar-refractivity contribution >= 4 is 17.5 Å². The summed E-state index contributed by atoms with van der Waals surface area (Å²) in [6.45, 7) is 6.24. The highest BCUT2D eigenvalue weighted by Gasteiger charge is 2.21. The van der Waals surface area contributed by atoms with E-state index in [-0.39, 0.29) is 17.5 Å². The van der Waals surface area contributed by atoms with Crippen LogP contribution in [-0.4, -0.2) is 22.8 Å². The molecule has 0 saturated carbocycles. The molecule has 2 aromatic carbocycles. The molecule has 0 aliphatic rings. The van der Waals surface area contributed by atoms with Gasteiger partial charge in [-0.2, -0.15) is 0 Å². The lowest BCUT2D eigenvalue weighted by Gasteiger charge is -2.19. The van der Waals surface area contributed by atoms with Crippen LogP contribution in [0, 0.1) is 10.1 Å². The van der Waals surface area contributed by atoms with Crippen molar-refractivity contribution < 1.29 is 14.5 Å². The summed E-state index contributed by atoms with van der Waals surface area (Å²) < 4.78 is 0. The molecule has 0 fully saturated rings. The predicted octanol–water partition coefficient (Wildman–Crippen LogP) is 2.72. The number of hydrogen-bond acceptors (Lipinski definition) is 4. The lowest BCUT2D eigenvalue weighted by atomic mass is 9.86. The van der Waals surface area contributed by atoms with Gasteiger partial charge in [-0.1, -0.05) is 45.0 Å². The standard InChI is InChI=1S/C20H23N3O4/c1-20(2,3)15-8-6-14(7-9-15)19(25)22-17(18(21)24)12-13-4-10-16(11-5-13)23(26)27/h4-11,17H,12H2,1-3H3,(H2,21,24)(H,22,25)/t17-/m1/s1. The second-order valence-electron chi connectivity index (χ2n) is 7.38. The number of amides is 2. The lowest BCUT2D eigenvalue weighted by molar-refractivity contribution is -0.384. The highest BCUT2D eigenvalue weighted by atomic mass is 16.6. The van der Waals surface area contributed by atoms with Gasteiger partial charge in [0, 0.05) is 24.1 Å². The zero-order valence-corrected chi connectivity index (χ0v) is 15.6. The van der Waals surface area contributed by atoms with Crippen molar-refractivity contribution in [2.75, 3.05) is 0 Å². The van der Waals surface area contributed by atoms with E-state index in [1.807, 2.05) is 12.1 Å². The van der Waals surface area contributed by atoms with Crippen LogP contribution in [0.2, 0.25) is 0 Å². The molecule has 0 radical (unpaired) electrons. The predicted molar refractivity (Wildman–Crippen MR) is 102 cm³/mol. The number of primary amides is 1. The van der Waals surface area contributed by atoms with Crippen LogP contribution in [0.25, 0.3) is 0 Å². The van der Waals surface area contributed by atoms with E-state index in [2.05, 4.69) is 26.1 Å². The molecule has 0 saturated heterocycles. The van der Waals surface area contributed by atoms with E-state index < -0.39 is 22.8 Å². The number of nitrogens with zero attached hydrogens (tertiary/aromatic N) is 1. The van der Waals surface area contributed by atoms with E-state index in [9.17, 15) is 19.7 Å². The molecule has 0 heterocycles. The molecule has 142 valence electrons. The van der Waals surface area contributed by atoms with Crippen molar-refractivity contribution in [3.05, 3.63) is 75.3 Å². The quantitative estimate of drug-likeness (QED) is 0.601. The fraction of sp³-hybridized carbons (Fsp3) is 0.300. The Balaban J connectivity index is 2.10. The minimum absolute atomic E-state index is 0.0271. The summed E-state index contributed by atoms with van der Waals surface area (Å²) in [6.07, 6.45) is 0.152. The average Bonchev–Trinajstić information content (AvgIpc) is 2.60. The van der Waals surface area contributed by atoms with Gasteiger partial charge in [-0.25, -0.2) is 0 Å². The van der Waals surface area contributed by atoms with Crippen LogP contribution in [0.1, 0.15) is 42.3 Å². The zero-order chi connectivity index (χ0) is 20.2. The van der Waals surface area contributed by atoms with Gasteiger partial charge >= 0.3 is 0 Å². The summed E-state index contributed by atoms with van der Waals surface area (Å²) in [4.78, 5) is 34.4. The van der Waals surface area contributed by atoms with Crippen molar-refractivity contribution in [2.24, 2.45) is 5.73 Å². The number of nitro groups is 1. The Kier molecular flexibility index (Phi) is 5.95. The Hall–Kier alpha value is -3.22. The van der Waals surface area contributed by atoms with Crippen molar-refractivity contribution in [3.63, 3.8) is 0 Å². The molecule has 0 bridgehead atoms. The summed E-state index contributed by atoms with van der Waals surface area (Å²) in [5, 5.41) is 13.3. The van der Waals surface area contributed by atoms with Gasteiger partial charge < -0.3 is 11.1 Å². The monoisotopic (exact) mass is 369 g/mol. The highest BCUT2D eigenvalue weighted by molar-refractivity contribution is 5.97. The van der Waals surface area contributed by atoms with E-state index in [4.69, 9.17) is 5.73 Å². The van der Waals surface area contributed by atoms with Crippen LogP contribution in [-0.2, 0) is 16.6 Å². The maximum atomic E-state index is 12.4. The van der Waals surface area contributed by atoms with Crippen molar-refractivity contribution in [3.8, 4) is 0 Å². The van der Waals surface area contributed by atoms with Crippen LogP contribution < -0.4 is 11.1 Å². The van der Waals surface area contributed by atoms with Gasteiger partial charge in [0.25, 0.3) is 11.6 Å². The van der Waals surface area contributed by atoms with Crippen molar-refractivity contribution in [1.29, 1.82) is 0 Å². The number of carbonyl (C=O) groups is 2. The number of non-ortho nitro benzene ring substituents is 1. The second-order valence-corrected chi connectivity index (χ2v) is 7.38. The highest BCUT2D eigenvalue weighted by Crippen LogP contribution is 2.22. The maximum Gasteiger partial charge on any atom is 0.269 e. The number of nitrogens with one attached hydrogen (secondary N) is 1. The summed E-state index contributed by atoms with van der Waals surface area (Å²) >= 11 is 0. The van der Waals surface area contributed by atoms with Crippen LogP contribution in [0.5, 0.6) is 0 Å². The molecule has 0 aliphatic heterocycles. The number of nitrogens with two attached hydrogens (primary N) is 1. The van der Waals surface area contributed by atoms with Gasteiger partial charge in [-0.05, 0) is 28.7 Å². The number of benzene rings is 2. The van der Waals surface area contributed by atoms with Gasteiger partial charge in [0.15, 0.2) is 0 Å². The average molecular weight is 369 g/mol. The minimum atomic E-state index is -0.916. The van der Waals surface area contributed by atoms with Crippen LogP contribution in [0.4, 0.5) is 5.69 Å². The summed E-state index contributed by atoms with van der Waals surface area (Å²) in [5.41, 5.74) is 7.52. The molecular formula is C20H23N3O4. The van der Waals surface area contributed by atoms with Crippen LogP contribution in [0.3, 0.4) is 0 Å². The SMILES string of the molecule is CC(C)(C)c1ccc(C(=O)N[C@H](Cc2ccc([N+](=O)[O-])cc2)C(N)=O)cc1. The molecule has 2 aromatic rings. The van der Waals surface area contributed by atoms with Crippen LogP contribution in [0.15, 0.2) is 48.5 Å². The summed E-state index contributed by atoms with van der Waals surface area (Å²) in [6, 6.07) is 12.0. The molecule has 0 unspecified atom stereocenters. The molecule has 7 heteroatoms. The van der Waals surface area contributed by atoms with Gasteiger partial charge in [-0.15, -0.1) is 0 Å². The minimum Gasteiger partial charge on any atom is -0.368 e. The Bertz CT molecular complexity index is 837. The molecule has 3 N–H and O–H groups in total. The van der Waals surface area contributed by atoms with E-state index in [1.54, 1.807) is 24.3 Å². The molecular weight excluding hydrogens is 346 g/mol. The first kappa shape index (κ1) is 20.1. The summed E-state index contributed by atoms with van der Waals surface area (Å²) in [7, 11) is 0. The smallest absolute Gasteiger partial charge is 0.269 e. The van der Waals surface area contributed by atoms with Crippen molar-refractivity contribution in [1.82, 2.24) is 5.32 Å². The zero-order valence-electron chi connectivity index (χ0n) is 15.6. The van der Waals surface area contributed by atoms with E-state index in [0.717, 1.165) is 5.56 Å². The van der Waals surface area contributed by atoms with Gasteiger partial charge in [0.1, 0.15) is 6.04 Å². The van der Waals surface area contributed by atoms with E-state index in [1.165, 1.54) is 12.1 Å². The topological polar surface area (TPSA) is 115 Å². The lowest BCUT2D eigenvalue weighted by Crippen LogP contribution is -2.45. The summed E-state index contributed by atoms with van der Waals surface area (Å²) in [5.74, 6) is -1.07. The van der Waals surface area contributed by atoms with Crippen LogP contribution >= 0.6 is 0 Å². The van der Waals surface area contributed by atoms with Gasteiger partial charge in [0.2, 0.25) is 5.91 Å². The molecule has 2 rings (SSSR count). The number of rotatable bonds is 6. The largest absolute Gasteiger partial charge is 0.368 e. The fourth-order valence-electron chi connectivity index (χ4n) is 2.58. The van der Waals surface area contributed by atoms with E-state index in [0.29, 0.717) is 11.1 Å². The molecule has 0 aliphatic carbocycles. The Labute approximate surface area is 157 Å². The van der Waals surface area contributed by atoms with Crippen molar-refractivity contribution in [2.45, 2.75) is 38.6 Å².